The number of hydrogen-bond donors (Lipinski definition) is 0. The number of fused-ring (bicyclic) bond motifs is 5. The van der Waals surface area contributed by atoms with Gasteiger partial charge in [0, 0.05) is 19.3 Å². The van der Waals surface area contributed by atoms with E-state index in [1.165, 1.54) is 49.3 Å². The maximum atomic E-state index is 12.6. The van der Waals surface area contributed by atoms with Crippen LogP contribution in [0.2, 0.25) is 0 Å². The van der Waals surface area contributed by atoms with Gasteiger partial charge in [-0.15, -0.1) is 0 Å². The molecule has 0 bridgehead atoms. The lowest BCUT2D eigenvalue weighted by atomic mass is 9.43. The van der Waals surface area contributed by atoms with Gasteiger partial charge in [-0.1, -0.05) is 87.5 Å². The van der Waals surface area contributed by atoms with E-state index >= 15 is 0 Å². The predicted molar refractivity (Wildman–Crippen MR) is 175 cm³/mol. The highest BCUT2D eigenvalue weighted by molar-refractivity contribution is 5.79. The summed E-state index contributed by atoms with van der Waals surface area (Å²) in [4.78, 5) is 24.4. The molecule has 0 unspecified atom stereocenters. The quantitative estimate of drug-likeness (QED) is 0.299. The number of allylic oxidation sites excluding steroid dienone is 1. The fraction of sp³-hybridized carbons (Fsp3) is 0.600. The van der Waals surface area contributed by atoms with E-state index in [0.29, 0.717) is 35.5 Å². The molecule has 0 saturated heterocycles. The van der Waals surface area contributed by atoms with E-state index in [1.807, 2.05) is 0 Å². The second-order valence-electron chi connectivity index (χ2n) is 15.1. The number of carbonyl (C=O) groups excluding carboxylic acids is 2. The van der Waals surface area contributed by atoms with Gasteiger partial charge in [-0.3, -0.25) is 9.59 Å². The van der Waals surface area contributed by atoms with Gasteiger partial charge in [0.15, 0.2) is 0 Å². The van der Waals surface area contributed by atoms with Crippen molar-refractivity contribution < 1.29 is 19.1 Å². The molecule has 0 amide bonds. The summed E-state index contributed by atoms with van der Waals surface area (Å²) in [6, 6.07) is 21.5. The minimum absolute atomic E-state index is 0.0160. The van der Waals surface area contributed by atoms with Crippen LogP contribution in [-0.2, 0) is 19.1 Å². The van der Waals surface area contributed by atoms with Crippen LogP contribution < -0.4 is 0 Å². The maximum Gasteiger partial charge on any atom is 0.302 e. The maximum absolute atomic E-state index is 12.6. The van der Waals surface area contributed by atoms with Gasteiger partial charge in [-0.2, -0.15) is 0 Å². The third-order valence-electron chi connectivity index (χ3n) is 13.0. The van der Waals surface area contributed by atoms with Gasteiger partial charge < -0.3 is 9.47 Å². The van der Waals surface area contributed by atoms with E-state index in [-0.39, 0.29) is 35.0 Å². The largest absolute Gasteiger partial charge is 0.463 e. The Bertz CT molecular complexity index is 1310. The Hall–Kier alpha value is -2.88. The van der Waals surface area contributed by atoms with Crippen molar-refractivity contribution >= 4 is 17.5 Å². The van der Waals surface area contributed by atoms with E-state index < -0.39 is 0 Å². The molecule has 2 aromatic carbocycles. The van der Waals surface area contributed by atoms with Crippen molar-refractivity contribution in [1.29, 1.82) is 0 Å². The molecule has 0 N–H and O–H groups in total. The van der Waals surface area contributed by atoms with Gasteiger partial charge in [0.1, 0.15) is 12.2 Å². The zero-order valence-corrected chi connectivity index (χ0v) is 27.5. The van der Waals surface area contributed by atoms with Crippen LogP contribution in [0, 0.1) is 46.3 Å². The fourth-order valence-corrected chi connectivity index (χ4v) is 10.9. The van der Waals surface area contributed by atoms with E-state index in [2.05, 4.69) is 87.5 Å². The molecule has 4 aliphatic rings. The first-order valence-electron chi connectivity index (χ1n) is 17.3. The Morgan fingerprint density at radius 1 is 0.818 bits per heavy atom. The molecule has 0 aromatic heterocycles. The van der Waals surface area contributed by atoms with Gasteiger partial charge >= 0.3 is 11.9 Å². The van der Waals surface area contributed by atoms with Crippen molar-refractivity contribution in [3.63, 3.8) is 0 Å². The number of rotatable bonds is 7. The van der Waals surface area contributed by atoms with E-state index in [9.17, 15) is 9.59 Å². The average molecular weight is 597 g/mol. The number of esters is 2. The zero-order valence-electron chi connectivity index (χ0n) is 27.5. The summed E-state index contributed by atoms with van der Waals surface area (Å²) >= 11 is 0. The van der Waals surface area contributed by atoms with Crippen LogP contribution in [0.15, 0.2) is 66.7 Å². The van der Waals surface area contributed by atoms with Gasteiger partial charge in [0.2, 0.25) is 0 Å². The van der Waals surface area contributed by atoms with Crippen LogP contribution in [0.4, 0.5) is 0 Å². The van der Waals surface area contributed by atoms with Crippen LogP contribution in [-0.4, -0.2) is 24.1 Å². The second kappa shape index (κ2) is 12.5. The molecule has 0 heterocycles. The lowest BCUT2D eigenvalue weighted by molar-refractivity contribution is -0.197. The molecule has 0 radical (unpaired) electrons. The van der Waals surface area contributed by atoms with E-state index in [4.69, 9.17) is 9.47 Å². The SMILES string of the molecule is CC(=O)O[C@@H]1CC[C@]2(C)[C@H](CC[C@@H]3[C@@H]2C[C@H](OC(C)=O)[C@@]2(C)[C@H]3CC[C@H]2[C@@H](C)CC=C(c2ccccc2)c2ccccc2)C1. The number of ether oxygens (including phenoxy) is 2. The summed E-state index contributed by atoms with van der Waals surface area (Å²) in [7, 11) is 0. The molecule has 6 rings (SSSR count). The smallest absolute Gasteiger partial charge is 0.302 e. The molecule has 0 spiro atoms. The summed E-state index contributed by atoms with van der Waals surface area (Å²) < 4.78 is 12.1. The van der Waals surface area contributed by atoms with Crippen LogP contribution in [0.1, 0.15) is 104 Å². The van der Waals surface area contributed by atoms with E-state index in [1.54, 1.807) is 6.92 Å². The average Bonchev–Trinajstić information content (AvgIpc) is 3.37. The van der Waals surface area contributed by atoms with Gasteiger partial charge in [-0.05, 0) is 115 Å². The van der Waals surface area contributed by atoms with E-state index in [0.717, 1.165) is 32.1 Å². The summed E-state index contributed by atoms with van der Waals surface area (Å²) in [5.74, 6) is 3.07. The minimum atomic E-state index is -0.156. The van der Waals surface area contributed by atoms with Crippen molar-refractivity contribution in [3.8, 4) is 0 Å². The highest BCUT2D eigenvalue weighted by Crippen LogP contribution is 2.69. The summed E-state index contributed by atoms with van der Waals surface area (Å²) in [6.07, 6.45) is 12.4. The monoisotopic (exact) mass is 596 g/mol. The van der Waals surface area contributed by atoms with Crippen molar-refractivity contribution in [3.05, 3.63) is 77.9 Å². The van der Waals surface area contributed by atoms with Gasteiger partial charge in [-0.25, -0.2) is 0 Å². The molecule has 0 aliphatic heterocycles. The van der Waals surface area contributed by atoms with Crippen LogP contribution >= 0.6 is 0 Å². The third kappa shape index (κ3) is 5.67. The van der Waals surface area contributed by atoms with Crippen molar-refractivity contribution in [2.24, 2.45) is 46.3 Å². The molecule has 2 aromatic rings. The molecule has 10 atom stereocenters. The van der Waals surface area contributed by atoms with Crippen molar-refractivity contribution in [2.75, 3.05) is 0 Å². The normalized spacial score (nSPS) is 36.6. The summed E-state index contributed by atoms with van der Waals surface area (Å²) in [5, 5.41) is 0. The number of hydrogen-bond acceptors (Lipinski definition) is 4. The lowest BCUT2D eigenvalue weighted by Gasteiger charge is -2.62. The highest BCUT2D eigenvalue weighted by Gasteiger charge is 2.65. The predicted octanol–water partition coefficient (Wildman–Crippen LogP) is 9.28. The molecular formula is C40H52O4. The molecule has 4 heteroatoms. The Morgan fingerprint density at radius 2 is 1.45 bits per heavy atom. The molecule has 44 heavy (non-hydrogen) atoms. The Kier molecular flexibility index (Phi) is 8.83. The van der Waals surface area contributed by atoms with Crippen LogP contribution in [0.3, 0.4) is 0 Å². The Morgan fingerprint density at radius 3 is 2.07 bits per heavy atom. The molecule has 236 valence electrons. The molecular weight excluding hydrogens is 544 g/mol. The third-order valence-corrected chi connectivity index (χ3v) is 13.0. The molecule has 4 aliphatic carbocycles. The molecule has 4 fully saturated rings. The van der Waals surface area contributed by atoms with Crippen molar-refractivity contribution in [2.45, 2.75) is 105 Å². The van der Waals surface area contributed by atoms with Gasteiger partial charge in [0.05, 0.1) is 0 Å². The first kappa shape index (κ1) is 31.1. The van der Waals surface area contributed by atoms with Crippen LogP contribution in [0.25, 0.3) is 5.57 Å². The fourth-order valence-electron chi connectivity index (χ4n) is 10.9. The topological polar surface area (TPSA) is 52.6 Å². The molecule has 4 saturated carbocycles. The first-order valence-corrected chi connectivity index (χ1v) is 17.3. The van der Waals surface area contributed by atoms with Crippen molar-refractivity contribution in [1.82, 2.24) is 0 Å². The minimum Gasteiger partial charge on any atom is -0.463 e. The summed E-state index contributed by atoms with van der Waals surface area (Å²) in [5.41, 5.74) is 4.01. The number of benzene rings is 2. The lowest BCUT2D eigenvalue weighted by Crippen LogP contribution is -2.59. The molecule has 4 nitrogen and oxygen atoms in total. The summed E-state index contributed by atoms with van der Waals surface area (Å²) in [6.45, 7) is 10.6. The first-order chi connectivity index (χ1) is 21.1. The Labute approximate surface area is 265 Å². The second-order valence-corrected chi connectivity index (χ2v) is 15.1. The standard InChI is InChI=1S/C40H52O4/c1-26(16-18-33(29-12-8-6-9-13-29)30-14-10-7-11-15-30)35-20-21-36-34-19-17-31-24-32(43-27(2)41)22-23-39(31,4)37(34)25-38(40(35,36)5)44-28(3)42/h6-15,18,26,31-32,34-38H,16-17,19-25H2,1-5H3/t26-,31+,32+,34-,35-,36-,37-,38-,39+,40+/m0/s1. The highest BCUT2D eigenvalue weighted by atomic mass is 16.5. The zero-order chi connectivity index (χ0) is 31.1. The number of carbonyl (C=O) groups is 2. The Balaban J connectivity index is 1.26. The van der Waals surface area contributed by atoms with Gasteiger partial charge in [0.25, 0.3) is 0 Å². The van der Waals surface area contributed by atoms with Crippen LogP contribution in [0.5, 0.6) is 0 Å².